The average molecular weight is 421 g/mol. The van der Waals surface area contributed by atoms with Crippen LogP contribution in [-0.2, 0) is 0 Å². The standard InChI is InChI=1S/C31H19NO/c1-2-9-20(10-3-1)30-24-13-5-4-12-23(24)29(25-14-8-18-32-31(25)30)21-16-17-28-26(19-21)22-11-6-7-15-27(22)33-28/h1-19H. The number of para-hydroxylation sites is 1. The summed E-state index contributed by atoms with van der Waals surface area (Å²) in [7, 11) is 0. The summed E-state index contributed by atoms with van der Waals surface area (Å²) in [6.45, 7) is 0. The Kier molecular flexibility index (Phi) is 3.88. The van der Waals surface area contributed by atoms with Crippen molar-refractivity contribution < 1.29 is 4.42 Å². The number of hydrogen-bond acceptors (Lipinski definition) is 2. The molecule has 0 aliphatic rings. The molecule has 0 radical (unpaired) electrons. The second kappa shape index (κ2) is 7.04. The molecule has 0 fully saturated rings. The second-order valence-electron chi connectivity index (χ2n) is 8.37. The van der Waals surface area contributed by atoms with Crippen LogP contribution in [0.4, 0.5) is 0 Å². The van der Waals surface area contributed by atoms with Crippen LogP contribution in [0.3, 0.4) is 0 Å². The van der Waals surface area contributed by atoms with Gasteiger partial charge in [-0.2, -0.15) is 0 Å². The van der Waals surface area contributed by atoms with Crippen LogP contribution in [-0.4, -0.2) is 4.98 Å². The predicted molar refractivity (Wildman–Crippen MR) is 137 cm³/mol. The van der Waals surface area contributed by atoms with E-state index in [4.69, 9.17) is 9.40 Å². The maximum absolute atomic E-state index is 6.08. The fraction of sp³-hybridized carbons (Fsp3) is 0. The van der Waals surface area contributed by atoms with E-state index in [-0.39, 0.29) is 0 Å². The van der Waals surface area contributed by atoms with E-state index in [1.165, 1.54) is 33.0 Å². The van der Waals surface area contributed by atoms with Gasteiger partial charge in [0.15, 0.2) is 0 Å². The van der Waals surface area contributed by atoms with Crippen LogP contribution in [0.15, 0.2) is 120 Å². The van der Waals surface area contributed by atoms with Gasteiger partial charge < -0.3 is 4.42 Å². The van der Waals surface area contributed by atoms with Crippen molar-refractivity contribution in [2.45, 2.75) is 0 Å². The van der Waals surface area contributed by atoms with Gasteiger partial charge in [0.2, 0.25) is 0 Å². The molecular formula is C31H19NO. The number of rotatable bonds is 2. The van der Waals surface area contributed by atoms with Gasteiger partial charge in [0, 0.05) is 27.9 Å². The Bertz CT molecular complexity index is 1760. The van der Waals surface area contributed by atoms with E-state index in [0.717, 1.165) is 32.8 Å². The number of nitrogens with zero attached hydrogens (tertiary/aromatic N) is 1. The van der Waals surface area contributed by atoms with E-state index in [2.05, 4.69) is 91.0 Å². The van der Waals surface area contributed by atoms with Crippen LogP contribution in [0, 0.1) is 0 Å². The summed E-state index contributed by atoms with van der Waals surface area (Å²) in [6, 6.07) is 38.2. The molecular weight excluding hydrogens is 402 g/mol. The van der Waals surface area contributed by atoms with Gasteiger partial charge in [-0.1, -0.05) is 84.9 Å². The third kappa shape index (κ3) is 2.71. The number of aromatic nitrogens is 1. The van der Waals surface area contributed by atoms with Crippen LogP contribution in [0.1, 0.15) is 0 Å². The molecule has 7 aromatic rings. The number of furan rings is 1. The lowest BCUT2D eigenvalue weighted by atomic mass is 9.88. The third-order valence-electron chi connectivity index (χ3n) is 6.51. The van der Waals surface area contributed by atoms with E-state index in [0.29, 0.717) is 0 Å². The Morgan fingerprint density at radius 3 is 1.97 bits per heavy atom. The maximum atomic E-state index is 6.08. The van der Waals surface area contributed by atoms with Crippen molar-refractivity contribution in [2.75, 3.05) is 0 Å². The van der Waals surface area contributed by atoms with Gasteiger partial charge in [0.05, 0.1) is 5.52 Å². The highest BCUT2D eigenvalue weighted by Gasteiger charge is 2.18. The first-order chi connectivity index (χ1) is 16.4. The molecule has 0 spiro atoms. The Morgan fingerprint density at radius 2 is 1.12 bits per heavy atom. The fourth-order valence-corrected chi connectivity index (χ4v) is 5.09. The second-order valence-corrected chi connectivity index (χ2v) is 8.37. The van der Waals surface area contributed by atoms with Gasteiger partial charge in [-0.05, 0) is 51.7 Å². The molecule has 0 bridgehead atoms. The van der Waals surface area contributed by atoms with Gasteiger partial charge in [0.1, 0.15) is 11.2 Å². The molecule has 154 valence electrons. The van der Waals surface area contributed by atoms with Crippen molar-refractivity contribution in [3.63, 3.8) is 0 Å². The minimum atomic E-state index is 0.910. The maximum Gasteiger partial charge on any atom is 0.135 e. The predicted octanol–water partition coefficient (Wildman–Crippen LogP) is 8.62. The van der Waals surface area contributed by atoms with Crippen LogP contribution in [0.2, 0.25) is 0 Å². The summed E-state index contributed by atoms with van der Waals surface area (Å²) in [5, 5.41) is 5.87. The van der Waals surface area contributed by atoms with Gasteiger partial charge in [-0.3, -0.25) is 4.98 Å². The molecule has 0 aliphatic carbocycles. The summed E-state index contributed by atoms with van der Waals surface area (Å²) in [6.07, 6.45) is 1.89. The molecule has 0 saturated heterocycles. The monoisotopic (exact) mass is 421 g/mol. The van der Waals surface area contributed by atoms with E-state index in [1.807, 2.05) is 24.4 Å². The molecule has 0 saturated carbocycles. The quantitative estimate of drug-likeness (QED) is 0.261. The fourth-order valence-electron chi connectivity index (χ4n) is 5.09. The number of hydrogen-bond donors (Lipinski definition) is 0. The average Bonchev–Trinajstić information content (AvgIpc) is 3.25. The van der Waals surface area contributed by atoms with Crippen molar-refractivity contribution in [3.05, 3.63) is 115 Å². The van der Waals surface area contributed by atoms with E-state index in [9.17, 15) is 0 Å². The molecule has 0 aliphatic heterocycles. The van der Waals surface area contributed by atoms with Crippen LogP contribution < -0.4 is 0 Å². The van der Waals surface area contributed by atoms with Crippen LogP contribution >= 0.6 is 0 Å². The third-order valence-corrected chi connectivity index (χ3v) is 6.51. The Morgan fingerprint density at radius 1 is 0.455 bits per heavy atom. The normalized spacial score (nSPS) is 11.6. The lowest BCUT2D eigenvalue weighted by molar-refractivity contribution is 0.669. The molecule has 0 unspecified atom stereocenters. The Hall–Kier alpha value is -4.43. The summed E-state index contributed by atoms with van der Waals surface area (Å²) in [5.74, 6) is 0. The van der Waals surface area contributed by atoms with Crippen LogP contribution in [0.5, 0.6) is 0 Å². The molecule has 0 N–H and O–H groups in total. The molecule has 0 atom stereocenters. The molecule has 2 nitrogen and oxygen atoms in total. The van der Waals surface area contributed by atoms with Gasteiger partial charge >= 0.3 is 0 Å². The summed E-state index contributed by atoms with van der Waals surface area (Å²) < 4.78 is 6.08. The summed E-state index contributed by atoms with van der Waals surface area (Å²) >= 11 is 0. The van der Waals surface area contributed by atoms with Gasteiger partial charge in [0.25, 0.3) is 0 Å². The van der Waals surface area contributed by atoms with Gasteiger partial charge in [-0.25, -0.2) is 0 Å². The van der Waals surface area contributed by atoms with E-state index < -0.39 is 0 Å². The molecule has 5 aromatic carbocycles. The first-order valence-corrected chi connectivity index (χ1v) is 11.1. The largest absolute Gasteiger partial charge is 0.456 e. The molecule has 2 aromatic heterocycles. The van der Waals surface area contributed by atoms with Crippen molar-refractivity contribution in [2.24, 2.45) is 0 Å². The lowest BCUT2D eigenvalue weighted by Gasteiger charge is -2.16. The van der Waals surface area contributed by atoms with Gasteiger partial charge in [-0.15, -0.1) is 0 Å². The molecule has 33 heavy (non-hydrogen) atoms. The minimum Gasteiger partial charge on any atom is -0.456 e. The summed E-state index contributed by atoms with van der Waals surface area (Å²) in [4.78, 5) is 4.88. The number of fused-ring (bicyclic) bond motifs is 5. The van der Waals surface area contributed by atoms with Crippen molar-refractivity contribution in [3.8, 4) is 22.3 Å². The van der Waals surface area contributed by atoms with Crippen molar-refractivity contribution >= 4 is 43.6 Å². The molecule has 7 rings (SSSR count). The van der Waals surface area contributed by atoms with Crippen molar-refractivity contribution in [1.29, 1.82) is 0 Å². The highest BCUT2D eigenvalue weighted by atomic mass is 16.3. The number of pyridine rings is 1. The zero-order chi connectivity index (χ0) is 21.8. The highest BCUT2D eigenvalue weighted by molar-refractivity contribution is 6.21. The zero-order valence-electron chi connectivity index (χ0n) is 17.8. The lowest BCUT2D eigenvalue weighted by Crippen LogP contribution is -1.92. The first-order valence-electron chi connectivity index (χ1n) is 11.1. The smallest absolute Gasteiger partial charge is 0.135 e. The van der Waals surface area contributed by atoms with E-state index >= 15 is 0 Å². The molecule has 2 heteroatoms. The van der Waals surface area contributed by atoms with Crippen LogP contribution in [0.25, 0.3) is 65.9 Å². The highest BCUT2D eigenvalue weighted by Crippen LogP contribution is 2.43. The summed E-state index contributed by atoms with van der Waals surface area (Å²) in [5.41, 5.74) is 7.59. The first kappa shape index (κ1) is 18.2. The van der Waals surface area contributed by atoms with Crippen molar-refractivity contribution in [1.82, 2.24) is 4.98 Å². The zero-order valence-corrected chi connectivity index (χ0v) is 17.8. The Labute approximate surface area is 190 Å². The topological polar surface area (TPSA) is 26.0 Å². The molecule has 0 amide bonds. The number of benzene rings is 5. The molecule has 2 heterocycles. The SMILES string of the molecule is c1ccc(-c2c3ccccc3c(-c3ccc4oc5ccccc5c4c3)c3cccnc23)cc1. The Balaban J connectivity index is 1.63. The minimum absolute atomic E-state index is 0.910. The van der Waals surface area contributed by atoms with E-state index in [1.54, 1.807) is 0 Å².